The van der Waals surface area contributed by atoms with Crippen LogP contribution in [0.25, 0.3) is 0 Å². The fraction of sp³-hybridized carbons (Fsp3) is 0.529. The SMILES string of the molecule is O=C(CCCC(=O)OCC(F)(F)C(F)(F)C(F)(F)C(F)F)OCc1ccc(Cl)cc1. The van der Waals surface area contributed by atoms with Crippen LogP contribution in [0.4, 0.5) is 35.1 Å². The van der Waals surface area contributed by atoms with Crippen molar-refractivity contribution < 1.29 is 54.2 Å². The third-order valence-electron chi connectivity index (χ3n) is 3.64. The molecule has 0 heterocycles. The third kappa shape index (κ3) is 6.71. The first kappa shape index (κ1) is 25.9. The van der Waals surface area contributed by atoms with Crippen molar-refractivity contribution in [2.75, 3.05) is 6.61 Å². The molecule has 0 unspecified atom stereocenters. The van der Waals surface area contributed by atoms with Crippen LogP contribution in [0.15, 0.2) is 24.3 Å². The van der Waals surface area contributed by atoms with Gasteiger partial charge in [0.2, 0.25) is 0 Å². The topological polar surface area (TPSA) is 52.6 Å². The molecule has 0 radical (unpaired) electrons. The van der Waals surface area contributed by atoms with Crippen molar-refractivity contribution in [1.29, 1.82) is 0 Å². The molecule has 0 bridgehead atoms. The lowest BCUT2D eigenvalue weighted by atomic mass is 10.1. The Kier molecular flexibility index (Phi) is 8.88. The average molecular weight is 471 g/mol. The predicted molar refractivity (Wildman–Crippen MR) is 86.9 cm³/mol. The minimum Gasteiger partial charge on any atom is -0.461 e. The molecular weight excluding hydrogens is 456 g/mol. The van der Waals surface area contributed by atoms with Gasteiger partial charge in [0.05, 0.1) is 0 Å². The molecule has 0 saturated heterocycles. The number of alkyl halides is 8. The molecular formula is C17H15ClF8O4. The summed E-state index contributed by atoms with van der Waals surface area (Å²) in [6.45, 7) is -2.65. The van der Waals surface area contributed by atoms with Gasteiger partial charge in [0.15, 0.2) is 6.61 Å². The molecule has 170 valence electrons. The van der Waals surface area contributed by atoms with E-state index in [9.17, 15) is 44.7 Å². The molecule has 0 amide bonds. The molecule has 0 aromatic heterocycles. The summed E-state index contributed by atoms with van der Waals surface area (Å²) in [4.78, 5) is 22.8. The summed E-state index contributed by atoms with van der Waals surface area (Å²) in [5.41, 5.74) is 0.607. The van der Waals surface area contributed by atoms with Gasteiger partial charge in [-0.2, -0.15) is 26.3 Å². The molecule has 0 atom stereocenters. The number of carbonyl (C=O) groups is 2. The fourth-order valence-corrected chi connectivity index (χ4v) is 2.03. The lowest BCUT2D eigenvalue weighted by Gasteiger charge is -2.31. The molecule has 0 saturated carbocycles. The van der Waals surface area contributed by atoms with Crippen molar-refractivity contribution in [2.24, 2.45) is 0 Å². The zero-order valence-corrected chi connectivity index (χ0v) is 15.7. The second kappa shape index (κ2) is 10.3. The van der Waals surface area contributed by atoms with Gasteiger partial charge >= 0.3 is 36.1 Å². The van der Waals surface area contributed by atoms with Gasteiger partial charge in [-0.05, 0) is 24.1 Å². The monoisotopic (exact) mass is 470 g/mol. The van der Waals surface area contributed by atoms with Crippen molar-refractivity contribution in [3.63, 3.8) is 0 Å². The van der Waals surface area contributed by atoms with E-state index in [2.05, 4.69) is 4.74 Å². The highest BCUT2D eigenvalue weighted by Crippen LogP contribution is 2.48. The normalized spacial score (nSPS) is 12.7. The molecule has 0 fully saturated rings. The first-order chi connectivity index (χ1) is 13.7. The number of esters is 2. The molecule has 0 spiro atoms. The Morgan fingerprint density at radius 2 is 1.40 bits per heavy atom. The van der Waals surface area contributed by atoms with Gasteiger partial charge in [0.25, 0.3) is 0 Å². The Morgan fingerprint density at radius 1 is 0.900 bits per heavy atom. The number of rotatable bonds is 11. The number of hydrogen-bond acceptors (Lipinski definition) is 4. The van der Waals surface area contributed by atoms with E-state index in [-0.39, 0.29) is 19.4 Å². The summed E-state index contributed by atoms with van der Waals surface area (Å²) in [6, 6.07) is 6.27. The van der Waals surface area contributed by atoms with Gasteiger partial charge < -0.3 is 9.47 Å². The summed E-state index contributed by atoms with van der Waals surface area (Å²) in [5, 5.41) is 0.463. The Balaban J connectivity index is 2.40. The number of carbonyl (C=O) groups excluding carboxylic acids is 2. The summed E-state index contributed by atoms with van der Waals surface area (Å²) in [5.74, 6) is -20.8. The smallest absolute Gasteiger partial charge is 0.381 e. The van der Waals surface area contributed by atoms with Crippen molar-refractivity contribution in [3.05, 3.63) is 34.9 Å². The van der Waals surface area contributed by atoms with Gasteiger partial charge in [-0.1, -0.05) is 23.7 Å². The Morgan fingerprint density at radius 3 is 1.90 bits per heavy atom. The lowest BCUT2D eigenvalue weighted by Crippen LogP contribution is -2.59. The van der Waals surface area contributed by atoms with Crippen LogP contribution in [-0.2, 0) is 25.7 Å². The zero-order valence-electron chi connectivity index (χ0n) is 15.0. The van der Waals surface area contributed by atoms with Crippen LogP contribution < -0.4 is 0 Å². The number of hydrogen-bond donors (Lipinski definition) is 0. The van der Waals surface area contributed by atoms with Gasteiger partial charge in [0.1, 0.15) is 6.61 Å². The molecule has 0 aliphatic rings. The Bertz CT molecular complexity index is 725. The van der Waals surface area contributed by atoms with Crippen LogP contribution in [0.5, 0.6) is 0 Å². The summed E-state index contributed by atoms with van der Waals surface area (Å²) < 4.78 is 110. The van der Waals surface area contributed by atoms with Gasteiger partial charge in [-0.15, -0.1) is 0 Å². The standard InChI is InChI=1S/C17H15ClF8O4/c18-11-6-4-10(5-7-11)8-29-12(27)2-1-3-13(28)30-9-15(21,22)17(25,26)16(23,24)14(19)20/h4-7,14H,1-3,8-9H2. The molecule has 0 N–H and O–H groups in total. The summed E-state index contributed by atoms with van der Waals surface area (Å²) in [7, 11) is 0. The van der Waals surface area contributed by atoms with E-state index in [1.54, 1.807) is 24.3 Å². The largest absolute Gasteiger partial charge is 0.461 e. The first-order valence-electron chi connectivity index (χ1n) is 8.18. The molecule has 0 aliphatic heterocycles. The molecule has 1 aromatic carbocycles. The third-order valence-corrected chi connectivity index (χ3v) is 3.89. The van der Waals surface area contributed by atoms with Crippen molar-refractivity contribution in [1.82, 2.24) is 0 Å². The quantitative estimate of drug-likeness (QED) is 0.327. The minimum atomic E-state index is -6.46. The maximum absolute atomic E-state index is 13.2. The van der Waals surface area contributed by atoms with Crippen LogP contribution in [-0.4, -0.2) is 42.7 Å². The lowest BCUT2D eigenvalue weighted by molar-refractivity contribution is -0.344. The predicted octanol–water partition coefficient (Wildman–Crippen LogP) is 5.27. The second-order valence-corrected chi connectivity index (χ2v) is 6.44. The fourth-order valence-electron chi connectivity index (χ4n) is 1.91. The summed E-state index contributed by atoms with van der Waals surface area (Å²) in [6.07, 6.45) is -6.41. The van der Waals surface area contributed by atoms with Crippen LogP contribution in [0.1, 0.15) is 24.8 Å². The van der Waals surface area contributed by atoms with E-state index in [1.165, 1.54) is 0 Å². The first-order valence-corrected chi connectivity index (χ1v) is 8.56. The van der Waals surface area contributed by atoms with Crippen molar-refractivity contribution in [2.45, 2.75) is 50.1 Å². The molecule has 1 aromatic rings. The van der Waals surface area contributed by atoms with Crippen LogP contribution in [0.3, 0.4) is 0 Å². The average Bonchev–Trinajstić information content (AvgIpc) is 2.65. The maximum atomic E-state index is 13.2. The Labute approximate surface area is 170 Å². The highest BCUT2D eigenvalue weighted by Gasteiger charge is 2.75. The molecule has 4 nitrogen and oxygen atoms in total. The molecule has 13 heteroatoms. The van der Waals surface area contributed by atoms with E-state index >= 15 is 0 Å². The van der Waals surface area contributed by atoms with Gasteiger partial charge in [0, 0.05) is 17.9 Å². The van der Waals surface area contributed by atoms with Crippen LogP contribution in [0, 0.1) is 0 Å². The minimum absolute atomic E-state index is 0.111. The molecule has 30 heavy (non-hydrogen) atoms. The number of halogens is 9. The van der Waals surface area contributed by atoms with E-state index < -0.39 is 49.2 Å². The van der Waals surface area contributed by atoms with E-state index in [4.69, 9.17) is 16.3 Å². The highest BCUT2D eigenvalue weighted by molar-refractivity contribution is 6.30. The second-order valence-electron chi connectivity index (χ2n) is 6.00. The van der Waals surface area contributed by atoms with E-state index in [0.717, 1.165) is 0 Å². The van der Waals surface area contributed by atoms with Crippen molar-refractivity contribution >= 4 is 23.5 Å². The van der Waals surface area contributed by atoms with Gasteiger partial charge in [-0.3, -0.25) is 9.59 Å². The van der Waals surface area contributed by atoms with E-state index in [1.807, 2.05) is 0 Å². The molecule has 0 aliphatic carbocycles. The number of benzene rings is 1. The zero-order chi connectivity index (χ0) is 23.2. The Hall–Kier alpha value is -2.11. The van der Waals surface area contributed by atoms with E-state index in [0.29, 0.717) is 10.6 Å². The number of ether oxygens (including phenoxy) is 2. The highest BCUT2D eigenvalue weighted by atomic mass is 35.5. The maximum Gasteiger partial charge on any atom is 0.381 e. The van der Waals surface area contributed by atoms with Gasteiger partial charge in [-0.25, -0.2) is 8.78 Å². The van der Waals surface area contributed by atoms with Crippen molar-refractivity contribution in [3.8, 4) is 0 Å². The van der Waals surface area contributed by atoms with Crippen LogP contribution in [0.2, 0.25) is 5.02 Å². The van der Waals surface area contributed by atoms with Crippen LogP contribution >= 0.6 is 11.6 Å². The summed E-state index contributed by atoms with van der Waals surface area (Å²) >= 11 is 5.68. The molecule has 1 rings (SSSR count).